The van der Waals surface area contributed by atoms with Crippen molar-refractivity contribution in [1.82, 2.24) is 4.98 Å². The van der Waals surface area contributed by atoms with Crippen LogP contribution in [0.5, 0.6) is 0 Å². The molecule has 0 aliphatic rings. The summed E-state index contributed by atoms with van der Waals surface area (Å²) in [7, 11) is 0. The number of aromatic nitrogens is 1. The van der Waals surface area contributed by atoms with Gasteiger partial charge in [0, 0.05) is 28.8 Å². The Hall–Kier alpha value is -1.30. The minimum absolute atomic E-state index is 0.252. The fraction of sp³-hybridized carbons (Fsp3) is 0.214. The molecule has 3 N–H and O–H groups in total. The Morgan fingerprint density at radius 1 is 1.32 bits per heavy atom. The molecule has 19 heavy (non-hydrogen) atoms. The fourth-order valence-electron chi connectivity index (χ4n) is 1.96. The number of nitrogens with two attached hydrogens (primary N) is 1. The summed E-state index contributed by atoms with van der Waals surface area (Å²) in [6.45, 7) is 0.252. The normalized spacial score (nSPS) is 14.1. The van der Waals surface area contributed by atoms with Crippen LogP contribution in [0.4, 0.5) is 4.39 Å². The highest BCUT2D eigenvalue weighted by Gasteiger charge is 2.24. The van der Waals surface area contributed by atoms with Crippen LogP contribution in [0.3, 0.4) is 0 Å². The zero-order valence-electron chi connectivity index (χ0n) is 10.1. The first kappa shape index (κ1) is 14.1. The van der Waals surface area contributed by atoms with Gasteiger partial charge in [-0.2, -0.15) is 0 Å². The average Bonchev–Trinajstić information content (AvgIpc) is 2.40. The molecule has 0 aliphatic carbocycles. The summed E-state index contributed by atoms with van der Waals surface area (Å²) >= 11 is 3.26. The van der Waals surface area contributed by atoms with Crippen LogP contribution in [0.1, 0.15) is 23.3 Å². The lowest BCUT2D eigenvalue weighted by molar-refractivity contribution is 0.145. The van der Waals surface area contributed by atoms with Crippen LogP contribution in [-0.2, 0) is 0 Å². The van der Waals surface area contributed by atoms with Crippen molar-refractivity contribution in [2.75, 3.05) is 6.54 Å². The predicted molar refractivity (Wildman–Crippen MR) is 75.1 cm³/mol. The Balaban J connectivity index is 2.33. The third-order valence-corrected chi connectivity index (χ3v) is 3.67. The molecular weight excluding hydrogens is 311 g/mol. The molecular formula is C14H14BrFN2O. The molecule has 1 aromatic heterocycles. The van der Waals surface area contributed by atoms with Gasteiger partial charge in [0.05, 0.1) is 6.10 Å². The number of nitrogens with zero attached hydrogens (tertiary/aromatic N) is 1. The van der Waals surface area contributed by atoms with E-state index in [0.717, 1.165) is 0 Å². The van der Waals surface area contributed by atoms with E-state index in [-0.39, 0.29) is 18.3 Å². The van der Waals surface area contributed by atoms with Gasteiger partial charge in [0.15, 0.2) is 0 Å². The molecule has 2 atom stereocenters. The van der Waals surface area contributed by atoms with E-state index in [2.05, 4.69) is 20.9 Å². The van der Waals surface area contributed by atoms with Crippen molar-refractivity contribution in [2.45, 2.75) is 12.0 Å². The van der Waals surface area contributed by atoms with Gasteiger partial charge < -0.3 is 10.8 Å². The van der Waals surface area contributed by atoms with Crippen LogP contribution in [0.15, 0.2) is 47.1 Å². The molecule has 2 rings (SSSR count). The third kappa shape index (κ3) is 3.18. The minimum Gasteiger partial charge on any atom is -0.388 e. The second-order valence-electron chi connectivity index (χ2n) is 4.21. The molecule has 5 heteroatoms. The van der Waals surface area contributed by atoms with Crippen LogP contribution in [-0.4, -0.2) is 16.6 Å². The topological polar surface area (TPSA) is 59.1 Å². The van der Waals surface area contributed by atoms with Crippen molar-refractivity contribution in [2.24, 2.45) is 5.73 Å². The maximum atomic E-state index is 13.1. The van der Waals surface area contributed by atoms with Crippen molar-refractivity contribution >= 4 is 15.9 Å². The first-order valence-electron chi connectivity index (χ1n) is 5.87. The molecule has 3 nitrogen and oxygen atoms in total. The molecule has 0 saturated heterocycles. The van der Waals surface area contributed by atoms with Gasteiger partial charge in [-0.1, -0.05) is 28.1 Å². The zero-order chi connectivity index (χ0) is 13.8. The van der Waals surface area contributed by atoms with Crippen molar-refractivity contribution in [3.63, 3.8) is 0 Å². The SMILES string of the molecule is NCC(c1ccccn1)C(O)c1ccc(F)cc1Br. The highest BCUT2D eigenvalue weighted by atomic mass is 79.9. The first-order chi connectivity index (χ1) is 9.13. The summed E-state index contributed by atoms with van der Waals surface area (Å²) in [6, 6.07) is 9.66. The van der Waals surface area contributed by atoms with E-state index in [4.69, 9.17) is 5.73 Å². The summed E-state index contributed by atoms with van der Waals surface area (Å²) in [6.07, 6.45) is 0.819. The number of halogens is 2. The highest BCUT2D eigenvalue weighted by Crippen LogP contribution is 2.33. The van der Waals surface area contributed by atoms with Crippen molar-refractivity contribution < 1.29 is 9.50 Å². The van der Waals surface area contributed by atoms with E-state index >= 15 is 0 Å². The molecule has 100 valence electrons. The molecule has 2 unspecified atom stereocenters. The van der Waals surface area contributed by atoms with Gasteiger partial charge in [0.25, 0.3) is 0 Å². The maximum Gasteiger partial charge on any atom is 0.124 e. The van der Waals surface area contributed by atoms with E-state index in [0.29, 0.717) is 15.7 Å². The maximum absolute atomic E-state index is 13.1. The molecule has 0 fully saturated rings. The molecule has 0 aliphatic heterocycles. The fourth-order valence-corrected chi connectivity index (χ4v) is 2.55. The lowest BCUT2D eigenvalue weighted by Crippen LogP contribution is -2.21. The van der Waals surface area contributed by atoms with Gasteiger partial charge >= 0.3 is 0 Å². The van der Waals surface area contributed by atoms with E-state index in [1.165, 1.54) is 12.1 Å². The summed E-state index contributed by atoms with van der Waals surface area (Å²) in [4.78, 5) is 4.21. The predicted octanol–water partition coefficient (Wildman–Crippen LogP) is 2.76. The molecule has 0 bridgehead atoms. The Labute approximate surface area is 119 Å². The lowest BCUT2D eigenvalue weighted by atomic mass is 9.92. The number of pyridine rings is 1. The molecule has 1 heterocycles. The number of rotatable bonds is 4. The molecule has 0 spiro atoms. The van der Waals surface area contributed by atoms with Gasteiger partial charge in [0.2, 0.25) is 0 Å². The highest BCUT2D eigenvalue weighted by molar-refractivity contribution is 9.10. The largest absolute Gasteiger partial charge is 0.388 e. The Kier molecular flexibility index (Phi) is 4.63. The quantitative estimate of drug-likeness (QED) is 0.909. The van der Waals surface area contributed by atoms with E-state index in [1.54, 1.807) is 18.3 Å². The number of hydrogen-bond donors (Lipinski definition) is 2. The Morgan fingerprint density at radius 3 is 2.68 bits per heavy atom. The Morgan fingerprint density at radius 2 is 2.11 bits per heavy atom. The molecule has 0 saturated carbocycles. The second-order valence-corrected chi connectivity index (χ2v) is 5.06. The van der Waals surface area contributed by atoms with Gasteiger partial charge in [-0.15, -0.1) is 0 Å². The van der Waals surface area contributed by atoms with Crippen molar-refractivity contribution in [3.8, 4) is 0 Å². The first-order valence-corrected chi connectivity index (χ1v) is 6.66. The summed E-state index contributed by atoms with van der Waals surface area (Å²) in [5, 5.41) is 10.4. The standard InChI is InChI=1S/C14H14BrFN2O/c15-12-7-9(16)4-5-10(12)14(19)11(8-17)13-3-1-2-6-18-13/h1-7,11,14,19H,8,17H2. The monoisotopic (exact) mass is 324 g/mol. The average molecular weight is 325 g/mol. The van der Waals surface area contributed by atoms with Crippen LogP contribution in [0.2, 0.25) is 0 Å². The number of aliphatic hydroxyl groups is 1. The third-order valence-electron chi connectivity index (χ3n) is 2.98. The summed E-state index contributed by atoms with van der Waals surface area (Å²) < 4.78 is 13.6. The summed E-state index contributed by atoms with van der Waals surface area (Å²) in [5.74, 6) is -0.687. The van der Waals surface area contributed by atoms with E-state index in [9.17, 15) is 9.50 Å². The van der Waals surface area contributed by atoms with Gasteiger partial charge in [-0.05, 0) is 29.8 Å². The molecule has 0 amide bonds. The smallest absolute Gasteiger partial charge is 0.124 e. The van der Waals surface area contributed by atoms with Crippen LogP contribution >= 0.6 is 15.9 Å². The molecule has 2 aromatic rings. The van der Waals surface area contributed by atoms with E-state index < -0.39 is 6.10 Å². The number of benzene rings is 1. The Bertz CT molecular complexity index is 550. The van der Waals surface area contributed by atoms with Crippen molar-refractivity contribution in [3.05, 3.63) is 64.1 Å². The summed E-state index contributed by atoms with van der Waals surface area (Å²) in [5.41, 5.74) is 7.05. The van der Waals surface area contributed by atoms with Crippen LogP contribution < -0.4 is 5.73 Å². The molecule has 0 radical (unpaired) electrons. The second kappa shape index (κ2) is 6.23. The van der Waals surface area contributed by atoms with Gasteiger partial charge in [0.1, 0.15) is 5.82 Å². The van der Waals surface area contributed by atoms with Crippen molar-refractivity contribution in [1.29, 1.82) is 0 Å². The zero-order valence-corrected chi connectivity index (χ0v) is 11.7. The van der Waals surface area contributed by atoms with Gasteiger partial charge in [-0.3, -0.25) is 4.98 Å². The number of hydrogen-bond acceptors (Lipinski definition) is 3. The minimum atomic E-state index is -0.838. The van der Waals surface area contributed by atoms with E-state index in [1.807, 2.05) is 12.1 Å². The molecule has 1 aromatic carbocycles. The van der Waals surface area contributed by atoms with Gasteiger partial charge in [-0.25, -0.2) is 4.39 Å². The number of aliphatic hydroxyl groups excluding tert-OH is 1. The lowest BCUT2D eigenvalue weighted by Gasteiger charge is -2.22. The van der Waals surface area contributed by atoms with Crippen LogP contribution in [0.25, 0.3) is 0 Å². The van der Waals surface area contributed by atoms with Crippen LogP contribution in [0, 0.1) is 5.82 Å².